The molecule has 7 atom stereocenters. The second-order valence-corrected chi connectivity index (χ2v) is 8.68. The summed E-state index contributed by atoms with van der Waals surface area (Å²) < 4.78 is 0. The molecule has 132 valence electrons. The minimum Gasteiger partial charge on any atom is -0.393 e. The van der Waals surface area contributed by atoms with Gasteiger partial charge in [-0.1, -0.05) is 26.0 Å². The lowest BCUT2D eigenvalue weighted by atomic mass is 9.51. The highest BCUT2D eigenvalue weighted by atomic mass is 16.6. The van der Waals surface area contributed by atoms with Crippen molar-refractivity contribution in [3.63, 3.8) is 0 Å². The molecular weight excluding hydrogens is 290 g/mol. The van der Waals surface area contributed by atoms with Crippen molar-refractivity contribution in [1.82, 2.24) is 0 Å². The standard InChI is InChI=1S/C19H33NO3/c1-18-8-3-4-15(18)17(22)16(6-9-18)19(2)10-5-14(21)12-13(19)7-11-23-20/h3,8,13-17,21-22H,4-7,9-12,20H2,1-2H3/t13-,14-,15?,16?,17-,18-,19-/m0/s1. The second kappa shape index (κ2) is 6.47. The van der Waals surface area contributed by atoms with E-state index in [1.54, 1.807) is 0 Å². The number of aliphatic hydroxyl groups excluding tert-OH is 2. The van der Waals surface area contributed by atoms with Gasteiger partial charge in [0.05, 0.1) is 18.8 Å². The fourth-order valence-corrected chi connectivity index (χ4v) is 5.86. The van der Waals surface area contributed by atoms with E-state index in [4.69, 9.17) is 10.7 Å². The van der Waals surface area contributed by atoms with Gasteiger partial charge in [0.2, 0.25) is 0 Å². The van der Waals surface area contributed by atoms with Crippen molar-refractivity contribution in [3.05, 3.63) is 12.2 Å². The van der Waals surface area contributed by atoms with Gasteiger partial charge < -0.3 is 15.1 Å². The molecule has 3 aliphatic rings. The Bertz CT molecular complexity index is 454. The van der Waals surface area contributed by atoms with Gasteiger partial charge in [0, 0.05) is 0 Å². The summed E-state index contributed by atoms with van der Waals surface area (Å²) in [6, 6.07) is 0. The maximum atomic E-state index is 11.2. The summed E-state index contributed by atoms with van der Waals surface area (Å²) in [5, 5.41) is 21.3. The van der Waals surface area contributed by atoms with Gasteiger partial charge in [-0.25, -0.2) is 5.90 Å². The van der Waals surface area contributed by atoms with Crippen LogP contribution in [0.3, 0.4) is 0 Å². The Labute approximate surface area is 140 Å². The van der Waals surface area contributed by atoms with Crippen molar-refractivity contribution >= 4 is 0 Å². The van der Waals surface area contributed by atoms with Crippen LogP contribution in [0.2, 0.25) is 0 Å². The summed E-state index contributed by atoms with van der Waals surface area (Å²) in [5.41, 5.74) is 0.247. The van der Waals surface area contributed by atoms with E-state index in [1.807, 2.05) is 0 Å². The number of hydrogen-bond acceptors (Lipinski definition) is 4. The van der Waals surface area contributed by atoms with Gasteiger partial charge in [-0.15, -0.1) is 0 Å². The molecule has 3 rings (SSSR count). The predicted octanol–water partition coefficient (Wildman–Crippen LogP) is 2.79. The van der Waals surface area contributed by atoms with E-state index in [1.165, 1.54) is 0 Å². The van der Waals surface area contributed by atoms with Gasteiger partial charge in [-0.05, 0) is 73.5 Å². The Morgan fingerprint density at radius 1 is 1.17 bits per heavy atom. The molecule has 4 N–H and O–H groups in total. The van der Waals surface area contributed by atoms with Gasteiger partial charge in [0.1, 0.15) is 0 Å². The third-order valence-corrected chi connectivity index (χ3v) is 7.49. The van der Waals surface area contributed by atoms with E-state index in [-0.39, 0.29) is 23.0 Å². The smallest absolute Gasteiger partial charge is 0.0682 e. The SMILES string of the molecule is C[C@@]12C=CCC1[C@H](O)C([C@@]1(C)CC[C@H](O)C[C@@H]1CCON)CC2. The summed E-state index contributed by atoms with van der Waals surface area (Å²) in [4.78, 5) is 4.82. The molecule has 2 fully saturated rings. The van der Waals surface area contributed by atoms with Crippen molar-refractivity contribution < 1.29 is 15.1 Å². The summed E-state index contributed by atoms with van der Waals surface area (Å²) >= 11 is 0. The lowest BCUT2D eigenvalue weighted by Gasteiger charge is -2.55. The highest BCUT2D eigenvalue weighted by Gasteiger charge is 2.54. The minimum atomic E-state index is -0.245. The number of rotatable bonds is 4. The first-order valence-corrected chi connectivity index (χ1v) is 9.26. The summed E-state index contributed by atoms with van der Waals surface area (Å²) in [6.07, 6.45) is 10.9. The normalized spacial score (nSPS) is 50.0. The third kappa shape index (κ3) is 2.99. The Morgan fingerprint density at radius 3 is 2.70 bits per heavy atom. The molecule has 0 saturated heterocycles. The van der Waals surface area contributed by atoms with Crippen molar-refractivity contribution in [2.24, 2.45) is 34.5 Å². The molecule has 0 aromatic heterocycles. The van der Waals surface area contributed by atoms with Gasteiger partial charge >= 0.3 is 0 Å². The lowest BCUT2D eigenvalue weighted by molar-refractivity contribution is -0.122. The summed E-state index contributed by atoms with van der Waals surface area (Å²) in [6.45, 7) is 5.16. The van der Waals surface area contributed by atoms with Crippen LogP contribution in [-0.4, -0.2) is 29.0 Å². The lowest BCUT2D eigenvalue weighted by Crippen LogP contribution is -2.52. The van der Waals surface area contributed by atoms with Crippen LogP contribution in [0, 0.1) is 28.6 Å². The van der Waals surface area contributed by atoms with Crippen LogP contribution in [0.15, 0.2) is 12.2 Å². The fourth-order valence-electron chi connectivity index (χ4n) is 5.86. The average Bonchev–Trinajstić information content (AvgIpc) is 2.91. The molecule has 3 aliphatic carbocycles. The van der Waals surface area contributed by atoms with E-state index < -0.39 is 0 Å². The van der Waals surface area contributed by atoms with Crippen LogP contribution in [0.25, 0.3) is 0 Å². The molecule has 2 unspecified atom stereocenters. The van der Waals surface area contributed by atoms with Crippen LogP contribution >= 0.6 is 0 Å². The highest BCUT2D eigenvalue weighted by molar-refractivity contribution is 5.15. The van der Waals surface area contributed by atoms with Gasteiger partial charge in [0.15, 0.2) is 0 Å². The van der Waals surface area contributed by atoms with Gasteiger partial charge in [0.25, 0.3) is 0 Å². The zero-order chi connectivity index (χ0) is 16.7. The number of hydrogen-bond donors (Lipinski definition) is 3. The Morgan fingerprint density at radius 2 is 1.96 bits per heavy atom. The first-order chi connectivity index (χ1) is 10.9. The van der Waals surface area contributed by atoms with E-state index in [2.05, 4.69) is 26.0 Å². The van der Waals surface area contributed by atoms with Crippen LogP contribution in [-0.2, 0) is 4.84 Å². The molecule has 0 aromatic rings. The first kappa shape index (κ1) is 17.4. The maximum Gasteiger partial charge on any atom is 0.0682 e. The Kier molecular flexibility index (Phi) is 4.90. The Hall–Kier alpha value is -0.420. The molecule has 4 nitrogen and oxygen atoms in total. The zero-order valence-corrected chi connectivity index (χ0v) is 14.6. The van der Waals surface area contributed by atoms with Crippen LogP contribution in [0.5, 0.6) is 0 Å². The quantitative estimate of drug-likeness (QED) is 0.549. The number of allylic oxidation sites excluding steroid dienone is 2. The van der Waals surface area contributed by atoms with Crippen molar-refractivity contribution in [2.75, 3.05) is 6.61 Å². The largest absolute Gasteiger partial charge is 0.393 e. The van der Waals surface area contributed by atoms with Gasteiger partial charge in [-0.3, -0.25) is 0 Å². The van der Waals surface area contributed by atoms with Crippen LogP contribution in [0.4, 0.5) is 0 Å². The molecule has 0 spiro atoms. The van der Waals surface area contributed by atoms with E-state index in [0.717, 1.165) is 44.9 Å². The summed E-state index contributed by atoms with van der Waals surface area (Å²) in [7, 11) is 0. The predicted molar refractivity (Wildman–Crippen MR) is 90.3 cm³/mol. The monoisotopic (exact) mass is 323 g/mol. The molecule has 0 heterocycles. The molecule has 0 aromatic carbocycles. The molecule has 0 aliphatic heterocycles. The average molecular weight is 323 g/mol. The van der Waals surface area contributed by atoms with E-state index >= 15 is 0 Å². The second-order valence-electron chi connectivity index (χ2n) is 8.68. The number of aliphatic hydroxyl groups is 2. The number of fused-ring (bicyclic) bond motifs is 1. The van der Waals surface area contributed by atoms with Crippen LogP contribution in [0.1, 0.15) is 58.8 Å². The van der Waals surface area contributed by atoms with Crippen molar-refractivity contribution in [3.8, 4) is 0 Å². The third-order valence-electron chi connectivity index (χ3n) is 7.49. The summed E-state index contributed by atoms with van der Waals surface area (Å²) in [5.74, 6) is 6.28. The molecule has 0 amide bonds. The Balaban J connectivity index is 1.80. The van der Waals surface area contributed by atoms with Gasteiger partial charge in [-0.2, -0.15) is 0 Å². The van der Waals surface area contributed by atoms with Crippen molar-refractivity contribution in [1.29, 1.82) is 0 Å². The molecule has 2 saturated carbocycles. The number of nitrogens with two attached hydrogens (primary N) is 1. The fraction of sp³-hybridized carbons (Fsp3) is 0.895. The van der Waals surface area contributed by atoms with Crippen LogP contribution < -0.4 is 5.90 Å². The maximum absolute atomic E-state index is 11.2. The molecular formula is C19H33NO3. The van der Waals surface area contributed by atoms with Crippen molar-refractivity contribution in [2.45, 2.75) is 71.0 Å². The molecule has 23 heavy (non-hydrogen) atoms. The zero-order valence-electron chi connectivity index (χ0n) is 14.6. The minimum absolute atomic E-state index is 0.0705. The molecule has 4 heteroatoms. The van der Waals surface area contributed by atoms with E-state index in [0.29, 0.717) is 24.4 Å². The molecule has 0 bridgehead atoms. The topological polar surface area (TPSA) is 75.7 Å². The first-order valence-electron chi connectivity index (χ1n) is 9.26. The highest BCUT2D eigenvalue weighted by Crippen LogP contribution is 2.58. The molecule has 0 radical (unpaired) electrons. The van der Waals surface area contributed by atoms with E-state index in [9.17, 15) is 10.2 Å².